The summed E-state index contributed by atoms with van der Waals surface area (Å²) >= 11 is 0. The van der Waals surface area contributed by atoms with Crippen LogP contribution in [0.4, 0.5) is 18.9 Å². The van der Waals surface area contributed by atoms with Gasteiger partial charge in [0.05, 0.1) is 11.6 Å². The molecular weight excluding hydrogens is 265 g/mol. The van der Waals surface area contributed by atoms with E-state index in [2.05, 4.69) is 5.32 Å². The largest absolute Gasteiger partial charge is 0.412 e. The molecule has 1 unspecified atom stereocenters. The quantitative estimate of drug-likeness (QED) is 0.908. The monoisotopic (exact) mass is 276 g/mol. The molecule has 0 saturated heterocycles. The Balaban J connectivity index is 2.27. The van der Waals surface area contributed by atoms with Gasteiger partial charge in [-0.05, 0) is 29.8 Å². The molecule has 0 aromatic heterocycles. The summed E-state index contributed by atoms with van der Waals surface area (Å²) in [5.41, 5.74) is 0.860. The van der Waals surface area contributed by atoms with E-state index in [1.54, 1.807) is 18.2 Å². The maximum Gasteiger partial charge on any atom is 0.412 e. The van der Waals surface area contributed by atoms with Crippen molar-refractivity contribution in [3.8, 4) is 6.07 Å². The zero-order chi connectivity index (χ0) is 14.6. The van der Waals surface area contributed by atoms with E-state index < -0.39 is 12.2 Å². The maximum absolute atomic E-state index is 13.1. The highest BCUT2D eigenvalue weighted by Crippen LogP contribution is 2.35. The van der Waals surface area contributed by atoms with Crippen molar-refractivity contribution in [1.82, 2.24) is 0 Å². The molecule has 2 rings (SSSR count). The third kappa shape index (κ3) is 3.29. The van der Waals surface area contributed by atoms with Crippen LogP contribution in [0, 0.1) is 11.3 Å². The normalized spacial score (nSPS) is 12.5. The third-order valence-corrected chi connectivity index (χ3v) is 2.79. The van der Waals surface area contributed by atoms with Crippen LogP contribution in [0.5, 0.6) is 0 Å². The van der Waals surface area contributed by atoms with E-state index in [1.165, 1.54) is 36.4 Å². The van der Waals surface area contributed by atoms with Crippen molar-refractivity contribution in [2.75, 3.05) is 5.32 Å². The predicted octanol–water partition coefficient (Wildman–Crippen LogP) is 4.27. The topological polar surface area (TPSA) is 35.8 Å². The molecule has 0 spiro atoms. The van der Waals surface area contributed by atoms with Gasteiger partial charge in [-0.15, -0.1) is 0 Å². The van der Waals surface area contributed by atoms with E-state index >= 15 is 0 Å². The molecule has 0 aliphatic heterocycles. The van der Waals surface area contributed by atoms with Crippen LogP contribution in [-0.2, 0) is 0 Å². The highest BCUT2D eigenvalue weighted by atomic mass is 19.4. The maximum atomic E-state index is 13.1. The second-order valence-electron chi connectivity index (χ2n) is 4.22. The smallest absolute Gasteiger partial charge is 0.370 e. The van der Waals surface area contributed by atoms with Crippen molar-refractivity contribution >= 4 is 5.69 Å². The van der Waals surface area contributed by atoms with Gasteiger partial charge in [-0.1, -0.05) is 30.3 Å². The summed E-state index contributed by atoms with van der Waals surface area (Å²) in [5.74, 6) is 0. The lowest BCUT2D eigenvalue weighted by Crippen LogP contribution is -2.27. The predicted molar refractivity (Wildman–Crippen MR) is 70.0 cm³/mol. The first-order chi connectivity index (χ1) is 9.50. The van der Waals surface area contributed by atoms with Crippen LogP contribution < -0.4 is 5.32 Å². The molecule has 5 heteroatoms. The van der Waals surface area contributed by atoms with Gasteiger partial charge in [-0.25, -0.2) is 0 Å². The first-order valence-electron chi connectivity index (χ1n) is 5.89. The minimum absolute atomic E-state index is 0.143. The lowest BCUT2D eigenvalue weighted by atomic mass is 10.1. The molecule has 2 nitrogen and oxygen atoms in total. The Bertz CT molecular complexity index is 598. The highest BCUT2D eigenvalue weighted by molar-refractivity contribution is 5.49. The van der Waals surface area contributed by atoms with Gasteiger partial charge >= 0.3 is 6.18 Å². The third-order valence-electron chi connectivity index (χ3n) is 2.79. The number of halogens is 3. The fourth-order valence-electron chi connectivity index (χ4n) is 1.81. The molecule has 102 valence electrons. The number of alkyl halides is 3. The van der Waals surface area contributed by atoms with Crippen LogP contribution in [0.3, 0.4) is 0 Å². The van der Waals surface area contributed by atoms with Crippen molar-refractivity contribution in [2.45, 2.75) is 12.2 Å². The summed E-state index contributed by atoms with van der Waals surface area (Å²) in [6.45, 7) is 0. The van der Waals surface area contributed by atoms with E-state index in [1.807, 2.05) is 6.07 Å². The Morgan fingerprint density at radius 2 is 1.55 bits per heavy atom. The number of nitriles is 1. The molecule has 0 amide bonds. The van der Waals surface area contributed by atoms with Crippen molar-refractivity contribution < 1.29 is 13.2 Å². The number of nitrogens with zero attached hydrogens (tertiary/aromatic N) is 1. The van der Waals surface area contributed by atoms with Gasteiger partial charge in [-0.3, -0.25) is 0 Å². The summed E-state index contributed by atoms with van der Waals surface area (Å²) < 4.78 is 39.4. The van der Waals surface area contributed by atoms with E-state index in [0.29, 0.717) is 11.3 Å². The van der Waals surface area contributed by atoms with Crippen LogP contribution >= 0.6 is 0 Å². The molecule has 2 aromatic rings. The molecule has 0 heterocycles. The van der Waals surface area contributed by atoms with Gasteiger partial charge in [0.2, 0.25) is 0 Å². The van der Waals surface area contributed by atoms with Crippen LogP contribution in [0.15, 0.2) is 54.6 Å². The Kier molecular flexibility index (Phi) is 3.94. The standard InChI is InChI=1S/C15H11F3N2/c16-15(17,18)14(12-4-2-1-3-5-12)20-13-8-6-11(10-19)7-9-13/h1-9,14,20H. The van der Waals surface area contributed by atoms with Crippen molar-refractivity contribution in [3.63, 3.8) is 0 Å². The molecule has 0 aliphatic carbocycles. The number of hydrogen-bond donors (Lipinski definition) is 1. The van der Waals surface area contributed by atoms with Gasteiger partial charge < -0.3 is 5.32 Å². The average molecular weight is 276 g/mol. The summed E-state index contributed by atoms with van der Waals surface area (Å²) in [6, 6.07) is 13.6. The molecular formula is C15H11F3N2. The van der Waals surface area contributed by atoms with Crippen LogP contribution in [0.1, 0.15) is 17.2 Å². The number of benzene rings is 2. The van der Waals surface area contributed by atoms with Crippen molar-refractivity contribution in [3.05, 3.63) is 65.7 Å². The Hall–Kier alpha value is -2.48. The highest BCUT2D eigenvalue weighted by Gasteiger charge is 2.40. The fraction of sp³-hybridized carbons (Fsp3) is 0.133. The van der Waals surface area contributed by atoms with E-state index in [4.69, 9.17) is 5.26 Å². The minimum atomic E-state index is -4.41. The molecule has 1 atom stereocenters. The van der Waals surface area contributed by atoms with Gasteiger partial charge in [0, 0.05) is 5.69 Å². The Labute approximate surface area is 114 Å². The van der Waals surface area contributed by atoms with E-state index in [-0.39, 0.29) is 5.56 Å². The molecule has 1 N–H and O–H groups in total. The van der Waals surface area contributed by atoms with Gasteiger partial charge in [0.15, 0.2) is 0 Å². The number of rotatable bonds is 3. The van der Waals surface area contributed by atoms with E-state index in [0.717, 1.165) is 0 Å². The summed E-state index contributed by atoms with van der Waals surface area (Å²) in [5, 5.41) is 11.1. The zero-order valence-electron chi connectivity index (χ0n) is 10.4. The molecule has 0 bridgehead atoms. The van der Waals surface area contributed by atoms with Gasteiger partial charge in [-0.2, -0.15) is 18.4 Å². The second-order valence-corrected chi connectivity index (χ2v) is 4.22. The SMILES string of the molecule is N#Cc1ccc(NC(c2ccccc2)C(F)(F)F)cc1. The van der Waals surface area contributed by atoms with Crippen molar-refractivity contribution in [1.29, 1.82) is 5.26 Å². The summed E-state index contributed by atoms with van der Waals surface area (Å²) in [7, 11) is 0. The zero-order valence-corrected chi connectivity index (χ0v) is 10.4. The second kappa shape index (κ2) is 5.66. The first kappa shape index (κ1) is 13.9. The van der Waals surface area contributed by atoms with Crippen LogP contribution in [0.2, 0.25) is 0 Å². The van der Waals surface area contributed by atoms with Gasteiger partial charge in [0.1, 0.15) is 6.04 Å². The summed E-state index contributed by atoms with van der Waals surface area (Å²) in [6.07, 6.45) is -4.41. The molecule has 2 aromatic carbocycles. The number of anilines is 1. The van der Waals surface area contributed by atoms with Gasteiger partial charge in [0.25, 0.3) is 0 Å². The Morgan fingerprint density at radius 1 is 0.950 bits per heavy atom. The summed E-state index contributed by atoms with van der Waals surface area (Å²) in [4.78, 5) is 0. The lowest BCUT2D eigenvalue weighted by Gasteiger charge is -2.23. The van der Waals surface area contributed by atoms with Crippen LogP contribution in [-0.4, -0.2) is 6.18 Å². The minimum Gasteiger partial charge on any atom is -0.370 e. The number of nitrogens with one attached hydrogen (secondary N) is 1. The fourth-order valence-corrected chi connectivity index (χ4v) is 1.81. The molecule has 0 aliphatic rings. The number of hydrogen-bond acceptors (Lipinski definition) is 2. The van der Waals surface area contributed by atoms with Crippen LogP contribution in [0.25, 0.3) is 0 Å². The molecule has 20 heavy (non-hydrogen) atoms. The Morgan fingerprint density at radius 3 is 2.05 bits per heavy atom. The van der Waals surface area contributed by atoms with Crippen molar-refractivity contribution in [2.24, 2.45) is 0 Å². The molecule has 0 fully saturated rings. The lowest BCUT2D eigenvalue weighted by molar-refractivity contribution is -0.144. The molecule has 0 saturated carbocycles. The average Bonchev–Trinajstić information content (AvgIpc) is 2.45. The first-order valence-corrected chi connectivity index (χ1v) is 5.89. The molecule has 0 radical (unpaired) electrons. The van der Waals surface area contributed by atoms with E-state index in [9.17, 15) is 13.2 Å².